The predicted octanol–water partition coefficient (Wildman–Crippen LogP) is 4.44. The van der Waals surface area contributed by atoms with Crippen molar-refractivity contribution in [3.05, 3.63) is 24.2 Å². The number of nitrogens with zero attached hydrogens (tertiary/aromatic N) is 3. The van der Waals surface area contributed by atoms with Crippen LogP contribution < -0.4 is 0 Å². The average Bonchev–Trinajstić information content (AvgIpc) is 2.78. The van der Waals surface area contributed by atoms with E-state index in [9.17, 15) is 0 Å². The number of thioether (sulfide) groups is 1. The highest BCUT2D eigenvalue weighted by atomic mass is 35.5. The summed E-state index contributed by atoms with van der Waals surface area (Å²) in [4.78, 5) is 9.09. The van der Waals surface area contributed by atoms with E-state index in [0.717, 1.165) is 34.9 Å². The first-order chi connectivity index (χ1) is 9.15. The molecule has 2 unspecified atom stereocenters. The molecule has 2 atom stereocenters. The van der Waals surface area contributed by atoms with Gasteiger partial charge in [-0.3, -0.25) is 0 Å². The molecule has 0 aliphatic carbocycles. The van der Waals surface area contributed by atoms with E-state index in [1.807, 2.05) is 37.0 Å². The van der Waals surface area contributed by atoms with E-state index in [-0.39, 0.29) is 5.38 Å². The minimum absolute atomic E-state index is 0.101. The fourth-order valence-electron chi connectivity index (χ4n) is 2.19. The Hall–Kier alpha value is -0.740. The topological polar surface area (TPSA) is 30.7 Å². The first-order valence-electron chi connectivity index (χ1n) is 6.69. The molecule has 0 saturated carbocycles. The molecule has 19 heavy (non-hydrogen) atoms. The highest BCUT2D eigenvalue weighted by Crippen LogP contribution is 2.28. The molecule has 2 aromatic heterocycles. The number of aromatic nitrogens is 3. The summed E-state index contributed by atoms with van der Waals surface area (Å²) in [5.74, 6) is 3.23. The lowest BCUT2D eigenvalue weighted by atomic mass is 10.2. The predicted molar refractivity (Wildman–Crippen MR) is 84.1 cm³/mol. The van der Waals surface area contributed by atoms with Gasteiger partial charge in [-0.2, -0.15) is 11.8 Å². The number of halogens is 1. The van der Waals surface area contributed by atoms with E-state index in [2.05, 4.69) is 28.4 Å². The molecule has 2 heterocycles. The van der Waals surface area contributed by atoms with Crippen LogP contribution in [-0.4, -0.2) is 26.0 Å². The first-order valence-corrected chi connectivity index (χ1v) is 8.29. The lowest BCUT2D eigenvalue weighted by Gasteiger charge is -2.17. The van der Waals surface area contributed by atoms with Crippen LogP contribution in [0.1, 0.15) is 44.4 Å². The number of imidazole rings is 1. The maximum Gasteiger partial charge on any atom is 0.160 e. The molecule has 0 aliphatic rings. The summed E-state index contributed by atoms with van der Waals surface area (Å²) in [7, 11) is 0. The maximum atomic E-state index is 6.27. The smallest absolute Gasteiger partial charge is 0.160 e. The van der Waals surface area contributed by atoms with Crippen molar-refractivity contribution in [3.63, 3.8) is 0 Å². The fourth-order valence-corrected chi connectivity index (χ4v) is 3.14. The lowest BCUT2D eigenvalue weighted by Crippen LogP contribution is -2.11. The van der Waals surface area contributed by atoms with Crippen molar-refractivity contribution in [2.24, 2.45) is 0 Å². The third-order valence-corrected chi connectivity index (χ3v) is 4.28. The standard InChI is InChI=1S/C14H20ClN3S/c1-4-19-9-7-10(2)18-13(11(3)15)17-12-6-5-8-16-14(12)18/h5-6,8,10-11H,4,7,9H2,1-3H3. The van der Waals surface area contributed by atoms with Gasteiger partial charge in [-0.05, 0) is 43.9 Å². The van der Waals surface area contributed by atoms with Crippen LogP contribution in [0.15, 0.2) is 18.3 Å². The van der Waals surface area contributed by atoms with Crippen molar-refractivity contribution < 1.29 is 0 Å². The fraction of sp³-hybridized carbons (Fsp3) is 0.571. The first kappa shape index (κ1) is 14.7. The summed E-state index contributed by atoms with van der Waals surface area (Å²) in [6.07, 6.45) is 2.92. The van der Waals surface area contributed by atoms with E-state index in [1.165, 1.54) is 0 Å². The van der Waals surface area contributed by atoms with Gasteiger partial charge < -0.3 is 4.57 Å². The SMILES string of the molecule is CCSCCC(C)n1c(C(C)Cl)nc2cccnc21. The quantitative estimate of drug-likeness (QED) is 0.583. The summed E-state index contributed by atoms with van der Waals surface area (Å²) in [6.45, 7) is 6.37. The maximum absolute atomic E-state index is 6.27. The van der Waals surface area contributed by atoms with E-state index >= 15 is 0 Å². The molecule has 3 nitrogen and oxygen atoms in total. The zero-order valence-corrected chi connectivity index (χ0v) is 13.2. The molecule has 2 rings (SSSR count). The van der Waals surface area contributed by atoms with Gasteiger partial charge >= 0.3 is 0 Å². The number of hydrogen-bond acceptors (Lipinski definition) is 3. The molecule has 0 amide bonds. The van der Waals surface area contributed by atoms with Crippen LogP contribution in [0.2, 0.25) is 0 Å². The molecule has 0 aliphatic heterocycles. The molecule has 0 fully saturated rings. The Labute approximate surface area is 123 Å². The summed E-state index contributed by atoms with van der Waals surface area (Å²) in [5.41, 5.74) is 1.87. The molecule has 5 heteroatoms. The molecule has 0 bridgehead atoms. The molecular weight excluding hydrogens is 278 g/mol. The van der Waals surface area contributed by atoms with E-state index in [1.54, 1.807) is 0 Å². The second kappa shape index (κ2) is 6.62. The number of hydrogen-bond donors (Lipinski definition) is 0. The Morgan fingerprint density at radius 3 is 2.89 bits per heavy atom. The number of alkyl halides is 1. The highest BCUT2D eigenvalue weighted by Gasteiger charge is 2.19. The molecule has 0 radical (unpaired) electrons. The van der Waals surface area contributed by atoms with Gasteiger partial charge in [0.15, 0.2) is 5.65 Å². The van der Waals surface area contributed by atoms with Crippen molar-refractivity contribution in [1.82, 2.24) is 14.5 Å². The zero-order valence-electron chi connectivity index (χ0n) is 11.6. The number of fused-ring (bicyclic) bond motifs is 1. The third kappa shape index (κ3) is 3.23. The van der Waals surface area contributed by atoms with Crippen LogP contribution in [-0.2, 0) is 0 Å². The normalized spacial score (nSPS) is 14.7. The van der Waals surface area contributed by atoms with Gasteiger partial charge in [-0.1, -0.05) is 6.92 Å². The molecule has 2 aromatic rings. The van der Waals surface area contributed by atoms with Crippen molar-refractivity contribution in [2.75, 3.05) is 11.5 Å². The molecular formula is C14H20ClN3S. The molecule has 0 spiro atoms. The Balaban J connectivity index is 2.35. The van der Waals surface area contributed by atoms with Gasteiger partial charge in [0.05, 0.1) is 5.38 Å². The minimum atomic E-state index is -0.101. The average molecular weight is 298 g/mol. The van der Waals surface area contributed by atoms with Gasteiger partial charge in [-0.15, -0.1) is 11.6 Å². The van der Waals surface area contributed by atoms with E-state index in [0.29, 0.717) is 6.04 Å². The van der Waals surface area contributed by atoms with Crippen molar-refractivity contribution in [3.8, 4) is 0 Å². The molecule has 0 N–H and O–H groups in total. The van der Waals surface area contributed by atoms with Crippen LogP contribution >= 0.6 is 23.4 Å². The molecule has 0 saturated heterocycles. The van der Waals surface area contributed by atoms with Crippen LogP contribution in [0.3, 0.4) is 0 Å². The van der Waals surface area contributed by atoms with Crippen molar-refractivity contribution >= 4 is 34.5 Å². The summed E-state index contributed by atoms with van der Waals surface area (Å²) in [6, 6.07) is 4.28. The summed E-state index contributed by atoms with van der Waals surface area (Å²) in [5, 5.41) is -0.101. The third-order valence-electron chi connectivity index (χ3n) is 3.16. The lowest BCUT2D eigenvalue weighted by molar-refractivity contribution is 0.522. The van der Waals surface area contributed by atoms with Gasteiger partial charge in [0, 0.05) is 12.2 Å². The minimum Gasteiger partial charge on any atom is -0.309 e. The van der Waals surface area contributed by atoms with Crippen LogP contribution in [0.25, 0.3) is 11.2 Å². The summed E-state index contributed by atoms with van der Waals surface area (Å²) < 4.78 is 2.20. The van der Waals surface area contributed by atoms with Gasteiger partial charge in [-0.25, -0.2) is 9.97 Å². The Morgan fingerprint density at radius 1 is 1.42 bits per heavy atom. The Bertz CT molecular complexity index is 538. The van der Waals surface area contributed by atoms with Crippen LogP contribution in [0, 0.1) is 0 Å². The zero-order chi connectivity index (χ0) is 13.8. The van der Waals surface area contributed by atoms with Crippen molar-refractivity contribution in [2.45, 2.75) is 38.6 Å². The Kier molecular flexibility index (Phi) is 5.11. The van der Waals surface area contributed by atoms with Crippen LogP contribution in [0.4, 0.5) is 0 Å². The van der Waals surface area contributed by atoms with Gasteiger partial charge in [0.25, 0.3) is 0 Å². The highest BCUT2D eigenvalue weighted by molar-refractivity contribution is 7.99. The van der Waals surface area contributed by atoms with E-state index < -0.39 is 0 Å². The van der Waals surface area contributed by atoms with Crippen LogP contribution in [0.5, 0.6) is 0 Å². The largest absolute Gasteiger partial charge is 0.309 e. The Morgan fingerprint density at radius 2 is 2.21 bits per heavy atom. The molecule has 104 valence electrons. The van der Waals surface area contributed by atoms with Gasteiger partial charge in [0.2, 0.25) is 0 Å². The monoisotopic (exact) mass is 297 g/mol. The van der Waals surface area contributed by atoms with E-state index in [4.69, 9.17) is 11.6 Å². The summed E-state index contributed by atoms with van der Waals surface area (Å²) >= 11 is 8.24. The second-order valence-electron chi connectivity index (χ2n) is 4.64. The van der Waals surface area contributed by atoms with Crippen molar-refractivity contribution in [1.29, 1.82) is 0 Å². The number of rotatable bonds is 6. The number of pyridine rings is 1. The van der Waals surface area contributed by atoms with Gasteiger partial charge in [0.1, 0.15) is 11.3 Å². The molecule has 0 aromatic carbocycles. The second-order valence-corrected chi connectivity index (χ2v) is 6.69.